The quantitative estimate of drug-likeness (QED) is 0.758. The van der Waals surface area contributed by atoms with Gasteiger partial charge >= 0.3 is 0 Å². The van der Waals surface area contributed by atoms with E-state index in [1.165, 1.54) is 11.1 Å². The molecule has 2 nitrogen and oxygen atoms in total. The first-order valence-corrected chi connectivity index (χ1v) is 5.68. The lowest BCUT2D eigenvalue weighted by Crippen LogP contribution is -2.22. The van der Waals surface area contributed by atoms with Crippen LogP contribution in [0.5, 0.6) is 5.75 Å². The van der Waals surface area contributed by atoms with Crippen molar-refractivity contribution in [3.8, 4) is 11.8 Å². The van der Waals surface area contributed by atoms with E-state index >= 15 is 0 Å². The summed E-state index contributed by atoms with van der Waals surface area (Å²) in [5.41, 5.74) is 2.24. The van der Waals surface area contributed by atoms with Gasteiger partial charge in [0.05, 0.1) is 11.5 Å². The highest BCUT2D eigenvalue weighted by Crippen LogP contribution is 2.34. The summed E-state index contributed by atoms with van der Waals surface area (Å²) in [6.45, 7) is 6.02. The molecule has 0 aliphatic carbocycles. The van der Waals surface area contributed by atoms with E-state index in [9.17, 15) is 0 Å². The van der Waals surface area contributed by atoms with Crippen LogP contribution in [0.4, 0.5) is 0 Å². The van der Waals surface area contributed by atoms with Crippen molar-refractivity contribution in [2.75, 3.05) is 0 Å². The lowest BCUT2D eigenvalue weighted by Gasteiger charge is -2.19. The van der Waals surface area contributed by atoms with E-state index in [2.05, 4.69) is 25.1 Å². The second kappa shape index (κ2) is 3.83. The maximum absolute atomic E-state index is 9.01. The molecule has 1 aromatic carbocycles. The van der Waals surface area contributed by atoms with E-state index in [0.29, 0.717) is 0 Å². The Morgan fingerprint density at radius 1 is 1.50 bits per heavy atom. The summed E-state index contributed by atoms with van der Waals surface area (Å²) in [6, 6.07) is 8.60. The number of nitriles is 1. The summed E-state index contributed by atoms with van der Waals surface area (Å²) >= 11 is 0. The second-order valence-corrected chi connectivity index (χ2v) is 5.25. The monoisotopic (exact) mass is 215 g/mol. The first kappa shape index (κ1) is 11.0. The fourth-order valence-corrected chi connectivity index (χ4v) is 2.18. The largest absolute Gasteiger partial charge is 0.490 e. The van der Waals surface area contributed by atoms with E-state index in [4.69, 9.17) is 10.00 Å². The van der Waals surface area contributed by atoms with Crippen LogP contribution in [0.15, 0.2) is 18.2 Å². The molecule has 0 bridgehead atoms. The van der Waals surface area contributed by atoms with Crippen molar-refractivity contribution in [2.24, 2.45) is 5.41 Å². The molecule has 0 saturated carbocycles. The molecule has 0 spiro atoms. The van der Waals surface area contributed by atoms with Gasteiger partial charge in [-0.2, -0.15) is 5.26 Å². The van der Waals surface area contributed by atoms with Gasteiger partial charge in [0.25, 0.3) is 0 Å². The molecule has 1 aromatic rings. The third-order valence-electron chi connectivity index (χ3n) is 3.00. The summed E-state index contributed by atoms with van der Waals surface area (Å²) in [4.78, 5) is 0. The van der Waals surface area contributed by atoms with Crippen molar-refractivity contribution in [2.45, 2.75) is 39.7 Å². The molecule has 0 amide bonds. The molecular formula is C14H17NO. The molecule has 0 radical (unpaired) electrons. The Hall–Kier alpha value is -1.49. The van der Waals surface area contributed by atoms with Crippen molar-refractivity contribution in [3.05, 3.63) is 29.3 Å². The fraction of sp³-hybridized carbons (Fsp3) is 0.500. The molecule has 84 valence electrons. The zero-order chi connectivity index (χ0) is 11.8. The molecule has 2 heteroatoms. The molecule has 0 fully saturated rings. The average molecular weight is 215 g/mol. The minimum atomic E-state index is -0.304. The zero-order valence-electron chi connectivity index (χ0n) is 10.1. The molecule has 1 aliphatic rings. The summed E-state index contributed by atoms with van der Waals surface area (Å²) in [5.74, 6) is 0.990. The predicted octanol–water partition coefficient (Wildman–Crippen LogP) is 3.24. The average Bonchev–Trinajstić information content (AvgIpc) is 2.58. The van der Waals surface area contributed by atoms with Crippen molar-refractivity contribution >= 4 is 0 Å². The van der Waals surface area contributed by atoms with Crippen LogP contribution in [0.25, 0.3) is 0 Å². The smallest absolute Gasteiger partial charge is 0.123 e. The lowest BCUT2D eigenvalue weighted by atomic mass is 9.87. The molecule has 0 saturated heterocycles. The summed E-state index contributed by atoms with van der Waals surface area (Å²) in [5, 5.41) is 9.01. The summed E-state index contributed by atoms with van der Waals surface area (Å²) < 4.78 is 5.85. The van der Waals surface area contributed by atoms with Crippen LogP contribution in [0.3, 0.4) is 0 Å². The number of hydrogen-bond acceptors (Lipinski definition) is 2. The molecule has 1 heterocycles. The molecule has 0 aromatic heterocycles. The van der Waals surface area contributed by atoms with Crippen LogP contribution < -0.4 is 4.74 Å². The molecule has 1 atom stereocenters. The highest BCUT2D eigenvalue weighted by Gasteiger charge is 2.29. The Morgan fingerprint density at radius 2 is 2.25 bits per heavy atom. The minimum absolute atomic E-state index is 0.159. The van der Waals surface area contributed by atoms with Gasteiger partial charge in [-0.05, 0) is 32.4 Å². The van der Waals surface area contributed by atoms with Gasteiger partial charge < -0.3 is 4.74 Å². The van der Waals surface area contributed by atoms with Gasteiger partial charge in [0, 0.05) is 12.8 Å². The van der Waals surface area contributed by atoms with Gasteiger partial charge in [-0.1, -0.05) is 17.7 Å². The highest BCUT2D eigenvalue weighted by atomic mass is 16.5. The summed E-state index contributed by atoms with van der Waals surface area (Å²) in [6.07, 6.45) is 1.88. The van der Waals surface area contributed by atoms with Gasteiger partial charge in [-0.25, -0.2) is 0 Å². The van der Waals surface area contributed by atoms with E-state index in [1.807, 2.05) is 19.9 Å². The Bertz CT molecular complexity index is 443. The van der Waals surface area contributed by atoms with Crippen molar-refractivity contribution in [3.63, 3.8) is 0 Å². The topological polar surface area (TPSA) is 33.0 Å². The number of aryl methyl sites for hydroxylation is 1. The third kappa shape index (κ3) is 2.19. The molecule has 1 unspecified atom stereocenters. The molecule has 16 heavy (non-hydrogen) atoms. The Balaban J connectivity index is 2.09. The maximum Gasteiger partial charge on any atom is 0.123 e. The van der Waals surface area contributed by atoms with Gasteiger partial charge in [0.15, 0.2) is 0 Å². The lowest BCUT2D eigenvalue weighted by molar-refractivity contribution is 0.182. The van der Waals surface area contributed by atoms with Crippen LogP contribution in [0, 0.1) is 23.7 Å². The standard InChI is InChI=1S/C14H17NO/c1-10-4-5-13-11(6-10)7-12(16-13)8-14(2,3)9-15/h4-6,12H,7-8H2,1-3H3. The number of fused-ring (bicyclic) bond motifs is 1. The van der Waals surface area contributed by atoms with E-state index in [1.54, 1.807) is 0 Å². The SMILES string of the molecule is Cc1ccc2c(c1)CC(CC(C)(C)C#N)O2. The molecule has 0 N–H and O–H groups in total. The number of hydrogen-bond donors (Lipinski definition) is 0. The van der Waals surface area contributed by atoms with Crippen LogP contribution in [0.1, 0.15) is 31.4 Å². The van der Waals surface area contributed by atoms with Gasteiger partial charge in [0.1, 0.15) is 11.9 Å². The number of benzene rings is 1. The zero-order valence-corrected chi connectivity index (χ0v) is 10.1. The first-order valence-electron chi connectivity index (χ1n) is 5.68. The molecule has 1 aliphatic heterocycles. The number of nitrogens with zero attached hydrogens (tertiary/aromatic N) is 1. The van der Waals surface area contributed by atoms with Crippen LogP contribution >= 0.6 is 0 Å². The fourth-order valence-electron chi connectivity index (χ4n) is 2.18. The maximum atomic E-state index is 9.01. The van der Waals surface area contributed by atoms with E-state index in [-0.39, 0.29) is 11.5 Å². The van der Waals surface area contributed by atoms with Gasteiger partial charge in [0.2, 0.25) is 0 Å². The normalized spacial score (nSPS) is 18.8. The number of rotatable bonds is 2. The van der Waals surface area contributed by atoms with E-state index < -0.39 is 0 Å². The second-order valence-electron chi connectivity index (χ2n) is 5.25. The molecule has 2 rings (SSSR count). The van der Waals surface area contributed by atoms with Crippen LogP contribution in [0.2, 0.25) is 0 Å². The van der Waals surface area contributed by atoms with Crippen molar-refractivity contribution in [1.82, 2.24) is 0 Å². The first-order chi connectivity index (χ1) is 7.50. The Labute approximate surface area is 96.9 Å². The summed E-state index contributed by atoms with van der Waals surface area (Å²) in [7, 11) is 0. The van der Waals surface area contributed by atoms with Gasteiger partial charge in [-0.15, -0.1) is 0 Å². The third-order valence-corrected chi connectivity index (χ3v) is 3.00. The minimum Gasteiger partial charge on any atom is -0.490 e. The molecular weight excluding hydrogens is 198 g/mol. The van der Waals surface area contributed by atoms with Crippen molar-refractivity contribution in [1.29, 1.82) is 5.26 Å². The van der Waals surface area contributed by atoms with Crippen molar-refractivity contribution < 1.29 is 4.74 Å². The Kier molecular flexibility index (Phi) is 2.63. The highest BCUT2D eigenvalue weighted by molar-refractivity contribution is 5.40. The van der Waals surface area contributed by atoms with E-state index in [0.717, 1.165) is 18.6 Å². The van der Waals surface area contributed by atoms with Crippen LogP contribution in [-0.2, 0) is 6.42 Å². The predicted molar refractivity (Wildman–Crippen MR) is 63.3 cm³/mol. The number of ether oxygens (including phenoxy) is 1. The van der Waals surface area contributed by atoms with Crippen LogP contribution in [-0.4, -0.2) is 6.10 Å². The Morgan fingerprint density at radius 3 is 2.94 bits per heavy atom. The van der Waals surface area contributed by atoms with Gasteiger partial charge in [-0.3, -0.25) is 0 Å².